The van der Waals surface area contributed by atoms with Crippen molar-refractivity contribution in [2.24, 2.45) is 0 Å². The van der Waals surface area contributed by atoms with Crippen LogP contribution in [0.2, 0.25) is 5.02 Å². The Morgan fingerprint density at radius 2 is 1.97 bits per heavy atom. The Labute approximate surface area is 210 Å². The molecule has 1 aliphatic heterocycles. The van der Waals surface area contributed by atoms with Gasteiger partial charge in [-0.25, -0.2) is 0 Å². The molecule has 1 aliphatic rings. The standard InChI is InChI=1S/C22H14BrClN4O5S/c23-17-7-6-13(9-18(17)24)25-20(29)12-27-21(30)19(34-22(27)31)11-15-5-2-8-26(15)14-3-1-4-16(10-14)28(32)33/h1-11H,12H2,(H,25,29)/b19-11-. The first kappa shape index (κ1) is 23.7. The number of nitrogens with one attached hydrogen (secondary N) is 1. The number of rotatable bonds is 6. The highest BCUT2D eigenvalue weighted by Gasteiger charge is 2.36. The molecule has 0 spiro atoms. The summed E-state index contributed by atoms with van der Waals surface area (Å²) >= 11 is 9.99. The van der Waals surface area contributed by atoms with E-state index in [4.69, 9.17) is 11.6 Å². The summed E-state index contributed by atoms with van der Waals surface area (Å²) in [5, 5.41) is 13.5. The van der Waals surface area contributed by atoms with Gasteiger partial charge in [0.05, 0.1) is 20.5 Å². The van der Waals surface area contributed by atoms with Crippen molar-refractivity contribution in [2.75, 3.05) is 11.9 Å². The van der Waals surface area contributed by atoms with Crippen LogP contribution >= 0.6 is 39.3 Å². The molecule has 0 aliphatic carbocycles. The summed E-state index contributed by atoms with van der Waals surface area (Å²) < 4.78 is 2.32. The molecule has 0 radical (unpaired) electrons. The van der Waals surface area contributed by atoms with Gasteiger partial charge in [-0.2, -0.15) is 0 Å². The largest absolute Gasteiger partial charge is 0.324 e. The first-order valence-electron chi connectivity index (χ1n) is 9.65. The lowest BCUT2D eigenvalue weighted by atomic mass is 10.2. The van der Waals surface area contributed by atoms with Gasteiger partial charge in [0, 0.05) is 34.2 Å². The number of hydrogen-bond donors (Lipinski definition) is 1. The van der Waals surface area contributed by atoms with Crippen LogP contribution in [-0.2, 0) is 9.59 Å². The first-order chi connectivity index (χ1) is 16.2. The highest BCUT2D eigenvalue weighted by molar-refractivity contribution is 9.10. The highest BCUT2D eigenvalue weighted by Crippen LogP contribution is 2.33. The van der Waals surface area contributed by atoms with E-state index in [2.05, 4.69) is 21.2 Å². The molecule has 4 rings (SSSR count). The SMILES string of the molecule is O=C(CN1C(=O)S/C(=C\c2cccn2-c2cccc([N+](=O)[O-])c2)C1=O)Nc1ccc(Br)c(Cl)c1. The van der Waals surface area contributed by atoms with Gasteiger partial charge in [-0.15, -0.1) is 0 Å². The minimum Gasteiger partial charge on any atom is -0.324 e. The lowest BCUT2D eigenvalue weighted by Gasteiger charge is -2.13. The number of carbonyl (C=O) groups is 3. The molecule has 9 nitrogen and oxygen atoms in total. The number of halogens is 2. The lowest BCUT2D eigenvalue weighted by molar-refractivity contribution is -0.384. The first-order valence-corrected chi connectivity index (χ1v) is 11.6. The lowest BCUT2D eigenvalue weighted by Crippen LogP contribution is -2.36. The van der Waals surface area contributed by atoms with Crippen molar-refractivity contribution in [3.63, 3.8) is 0 Å². The maximum atomic E-state index is 12.8. The van der Waals surface area contributed by atoms with Crippen LogP contribution in [0.25, 0.3) is 11.8 Å². The van der Waals surface area contributed by atoms with Crippen LogP contribution in [0, 0.1) is 10.1 Å². The number of nitro benzene ring substituents is 1. The molecule has 3 aromatic rings. The number of aromatic nitrogens is 1. The summed E-state index contributed by atoms with van der Waals surface area (Å²) in [6.45, 7) is -0.457. The second kappa shape index (κ2) is 9.84. The Morgan fingerprint density at radius 1 is 1.18 bits per heavy atom. The maximum Gasteiger partial charge on any atom is 0.294 e. The van der Waals surface area contributed by atoms with E-state index in [1.807, 2.05) is 0 Å². The summed E-state index contributed by atoms with van der Waals surface area (Å²) in [5.41, 5.74) is 1.42. The van der Waals surface area contributed by atoms with Gasteiger partial charge in [-0.3, -0.25) is 29.4 Å². The number of hydrogen-bond acceptors (Lipinski definition) is 6. The molecule has 0 saturated carbocycles. The topological polar surface area (TPSA) is 115 Å². The molecular formula is C22H14BrClN4O5S. The fraction of sp³-hybridized carbons (Fsp3) is 0.0455. The molecule has 1 saturated heterocycles. The van der Waals surface area contributed by atoms with Crippen LogP contribution in [0.15, 0.2) is 70.2 Å². The Bertz CT molecular complexity index is 1370. The maximum absolute atomic E-state index is 12.8. The Morgan fingerprint density at radius 3 is 2.71 bits per heavy atom. The number of anilines is 1. The number of amides is 3. The third kappa shape index (κ3) is 5.06. The summed E-state index contributed by atoms with van der Waals surface area (Å²) in [4.78, 5) is 49.2. The molecule has 2 aromatic carbocycles. The van der Waals surface area contributed by atoms with Crippen LogP contribution in [0.3, 0.4) is 0 Å². The van der Waals surface area contributed by atoms with E-state index in [-0.39, 0.29) is 10.6 Å². The van der Waals surface area contributed by atoms with E-state index >= 15 is 0 Å². The molecule has 2 heterocycles. The smallest absolute Gasteiger partial charge is 0.294 e. The van der Waals surface area contributed by atoms with E-state index in [9.17, 15) is 24.5 Å². The van der Waals surface area contributed by atoms with E-state index in [1.165, 1.54) is 18.2 Å². The number of carbonyl (C=O) groups excluding carboxylic acids is 3. The summed E-state index contributed by atoms with van der Waals surface area (Å²) in [7, 11) is 0. The zero-order valence-corrected chi connectivity index (χ0v) is 20.3. The molecule has 12 heteroatoms. The van der Waals surface area contributed by atoms with Crippen molar-refractivity contribution in [3.05, 3.63) is 91.0 Å². The van der Waals surface area contributed by atoms with Crippen molar-refractivity contribution in [3.8, 4) is 5.69 Å². The Balaban J connectivity index is 1.51. The van der Waals surface area contributed by atoms with E-state index in [0.717, 1.165) is 4.90 Å². The fourth-order valence-corrected chi connectivity index (χ4v) is 4.44. The predicted octanol–water partition coefficient (Wildman–Crippen LogP) is 5.48. The second-order valence-electron chi connectivity index (χ2n) is 7.02. The molecule has 0 atom stereocenters. The molecule has 0 bridgehead atoms. The van der Waals surface area contributed by atoms with Crippen LogP contribution in [0.5, 0.6) is 0 Å². The molecule has 172 valence electrons. The molecular weight excluding hydrogens is 548 g/mol. The predicted molar refractivity (Wildman–Crippen MR) is 133 cm³/mol. The van der Waals surface area contributed by atoms with Gasteiger partial charge in [0.1, 0.15) is 6.54 Å². The summed E-state index contributed by atoms with van der Waals surface area (Å²) in [5.74, 6) is -1.16. The monoisotopic (exact) mass is 560 g/mol. The van der Waals surface area contributed by atoms with Gasteiger partial charge in [-0.1, -0.05) is 17.7 Å². The van der Waals surface area contributed by atoms with Gasteiger partial charge in [0.2, 0.25) is 5.91 Å². The number of benzene rings is 2. The Hall–Kier alpha value is -3.41. The molecule has 34 heavy (non-hydrogen) atoms. The van der Waals surface area contributed by atoms with E-state index in [1.54, 1.807) is 53.2 Å². The minimum absolute atomic E-state index is 0.0736. The zero-order chi connectivity index (χ0) is 24.4. The van der Waals surface area contributed by atoms with Gasteiger partial charge < -0.3 is 9.88 Å². The molecule has 0 unspecified atom stereocenters. The number of non-ortho nitro benzene ring substituents is 1. The summed E-state index contributed by atoms with van der Waals surface area (Å²) in [6, 6.07) is 14.3. The fourth-order valence-electron chi connectivity index (χ4n) is 3.19. The van der Waals surface area contributed by atoms with Gasteiger partial charge in [0.15, 0.2) is 0 Å². The van der Waals surface area contributed by atoms with Gasteiger partial charge in [0.25, 0.3) is 16.8 Å². The average Bonchev–Trinajstić information content (AvgIpc) is 3.36. The number of nitro groups is 1. The molecule has 1 fully saturated rings. The summed E-state index contributed by atoms with van der Waals surface area (Å²) in [6.07, 6.45) is 3.20. The minimum atomic E-state index is -0.606. The third-order valence-corrected chi connectivity index (χ3v) is 6.90. The average molecular weight is 562 g/mol. The molecule has 1 aromatic heterocycles. The van der Waals surface area contributed by atoms with Crippen LogP contribution < -0.4 is 5.32 Å². The van der Waals surface area contributed by atoms with Gasteiger partial charge >= 0.3 is 0 Å². The van der Waals surface area contributed by atoms with E-state index < -0.39 is 28.5 Å². The van der Waals surface area contributed by atoms with Crippen LogP contribution in [-0.4, -0.2) is 38.0 Å². The second-order valence-corrected chi connectivity index (χ2v) is 9.28. The number of imide groups is 1. The van der Waals surface area contributed by atoms with Crippen molar-refractivity contribution < 1.29 is 19.3 Å². The van der Waals surface area contributed by atoms with Crippen molar-refractivity contribution in [1.29, 1.82) is 0 Å². The van der Waals surface area contributed by atoms with E-state index in [0.29, 0.717) is 38.3 Å². The number of thioether (sulfide) groups is 1. The van der Waals surface area contributed by atoms with Crippen molar-refractivity contribution in [2.45, 2.75) is 0 Å². The zero-order valence-electron chi connectivity index (χ0n) is 17.1. The van der Waals surface area contributed by atoms with Crippen LogP contribution in [0.4, 0.5) is 16.2 Å². The normalized spacial score (nSPS) is 14.6. The van der Waals surface area contributed by atoms with Crippen LogP contribution in [0.1, 0.15) is 5.69 Å². The van der Waals surface area contributed by atoms with Crippen molar-refractivity contribution >= 4 is 73.8 Å². The Kier molecular flexibility index (Phi) is 6.87. The molecule has 3 amide bonds. The third-order valence-electron chi connectivity index (χ3n) is 4.76. The molecule has 1 N–H and O–H groups in total. The highest BCUT2D eigenvalue weighted by atomic mass is 79.9. The van der Waals surface area contributed by atoms with Gasteiger partial charge in [-0.05, 0) is 70.2 Å². The quantitative estimate of drug-likeness (QED) is 0.242. The van der Waals surface area contributed by atoms with Crippen molar-refractivity contribution in [1.82, 2.24) is 9.47 Å². The number of nitrogens with zero attached hydrogens (tertiary/aromatic N) is 3.